The van der Waals surface area contributed by atoms with Gasteiger partial charge < -0.3 is 0 Å². The van der Waals surface area contributed by atoms with Crippen molar-refractivity contribution in [2.45, 2.75) is 6.54 Å². The predicted octanol–water partition coefficient (Wildman–Crippen LogP) is 1.04. The molecule has 0 unspecified atom stereocenters. The summed E-state index contributed by atoms with van der Waals surface area (Å²) in [6, 6.07) is 3.85. The van der Waals surface area contributed by atoms with Crippen LogP contribution in [0.15, 0.2) is 10.8 Å². The van der Waals surface area contributed by atoms with E-state index in [0.717, 1.165) is 0 Å². The van der Waals surface area contributed by atoms with Gasteiger partial charge >= 0.3 is 0 Å². The summed E-state index contributed by atoms with van der Waals surface area (Å²) in [5.74, 6) is 0. The van der Waals surface area contributed by atoms with E-state index in [2.05, 4.69) is 21.0 Å². The Morgan fingerprint density at radius 3 is 2.82 bits per heavy atom. The summed E-state index contributed by atoms with van der Waals surface area (Å²) in [6.45, 7) is 0.167. The van der Waals surface area contributed by atoms with Crippen molar-refractivity contribution in [3.05, 3.63) is 16.4 Å². The molecule has 4 nitrogen and oxygen atoms in total. The fraction of sp³-hybridized carbons (Fsp3) is 0.167. The standard InChI is InChI=1S/C6H3BrN4/c7-6-5(3-9)4-11(10-6)2-1-8/h4H,2H2. The van der Waals surface area contributed by atoms with E-state index in [1.807, 2.05) is 12.1 Å². The van der Waals surface area contributed by atoms with Gasteiger partial charge in [-0.25, -0.2) is 0 Å². The monoisotopic (exact) mass is 210 g/mol. The highest BCUT2D eigenvalue weighted by atomic mass is 79.9. The van der Waals surface area contributed by atoms with Crippen molar-refractivity contribution in [3.63, 3.8) is 0 Å². The maximum absolute atomic E-state index is 8.48. The third-order valence-corrected chi connectivity index (χ3v) is 1.66. The Morgan fingerprint density at radius 2 is 2.36 bits per heavy atom. The first kappa shape index (κ1) is 7.77. The molecule has 0 aliphatic rings. The van der Waals surface area contributed by atoms with Gasteiger partial charge in [0.2, 0.25) is 0 Å². The lowest BCUT2D eigenvalue weighted by atomic mass is 10.4. The molecular formula is C6H3BrN4. The number of hydrogen-bond donors (Lipinski definition) is 0. The zero-order chi connectivity index (χ0) is 8.27. The highest BCUT2D eigenvalue weighted by molar-refractivity contribution is 9.10. The normalized spacial score (nSPS) is 8.64. The molecule has 11 heavy (non-hydrogen) atoms. The fourth-order valence-electron chi connectivity index (χ4n) is 0.626. The first-order valence-electron chi connectivity index (χ1n) is 2.78. The van der Waals surface area contributed by atoms with Crippen molar-refractivity contribution in [1.29, 1.82) is 10.5 Å². The summed E-state index contributed by atoms with van der Waals surface area (Å²) in [6.07, 6.45) is 1.52. The third kappa shape index (κ3) is 1.57. The molecular weight excluding hydrogens is 208 g/mol. The van der Waals surface area contributed by atoms with Crippen LogP contribution >= 0.6 is 15.9 Å². The Balaban J connectivity index is 3.00. The lowest BCUT2D eigenvalue weighted by Gasteiger charge is -1.86. The number of halogens is 1. The molecule has 1 rings (SSSR count). The highest BCUT2D eigenvalue weighted by Gasteiger charge is 2.03. The Kier molecular flexibility index (Phi) is 2.25. The van der Waals surface area contributed by atoms with Crippen LogP contribution in [0.4, 0.5) is 0 Å². The smallest absolute Gasteiger partial charge is 0.145 e. The summed E-state index contributed by atoms with van der Waals surface area (Å²) in [4.78, 5) is 0. The molecule has 0 aliphatic carbocycles. The van der Waals surface area contributed by atoms with Crippen LogP contribution in [0.1, 0.15) is 5.56 Å². The molecule has 1 aromatic heterocycles. The SMILES string of the molecule is N#CCn1cc(C#N)c(Br)n1. The third-order valence-electron chi connectivity index (χ3n) is 1.07. The Labute approximate surface area is 71.8 Å². The van der Waals surface area contributed by atoms with E-state index in [4.69, 9.17) is 10.5 Å². The van der Waals surface area contributed by atoms with E-state index < -0.39 is 0 Å². The summed E-state index contributed by atoms with van der Waals surface area (Å²) in [5, 5.41) is 20.6. The Hall–Kier alpha value is -1.33. The number of nitrogens with zero attached hydrogens (tertiary/aromatic N) is 4. The van der Waals surface area contributed by atoms with Gasteiger partial charge in [0.05, 0.1) is 6.07 Å². The van der Waals surface area contributed by atoms with Gasteiger partial charge in [0, 0.05) is 6.20 Å². The second kappa shape index (κ2) is 3.18. The molecule has 0 aliphatic heterocycles. The molecule has 54 valence electrons. The summed E-state index contributed by atoms with van der Waals surface area (Å²) in [7, 11) is 0. The largest absolute Gasteiger partial charge is 0.256 e. The fourth-order valence-corrected chi connectivity index (χ4v) is 1.02. The van der Waals surface area contributed by atoms with Gasteiger partial charge in [-0.3, -0.25) is 4.68 Å². The minimum atomic E-state index is 0.167. The number of hydrogen-bond acceptors (Lipinski definition) is 3. The van der Waals surface area contributed by atoms with Crippen molar-refractivity contribution < 1.29 is 0 Å². The van der Waals surface area contributed by atoms with E-state index in [1.54, 1.807) is 0 Å². The summed E-state index contributed by atoms with van der Waals surface area (Å²) >= 11 is 3.08. The maximum Gasteiger partial charge on any atom is 0.145 e. The van der Waals surface area contributed by atoms with E-state index in [9.17, 15) is 0 Å². The van der Waals surface area contributed by atoms with Crippen LogP contribution in [0, 0.1) is 22.7 Å². The molecule has 0 saturated heterocycles. The summed E-state index contributed by atoms with van der Waals surface area (Å²) < 4.78 is 1.89. The topological polar surface area (TPSA) is 65.4 Å². The quantitative estimate of drug-likeness (QED) is 0.696. The molecule has 1 heterocycles. The van der Waals surface area contributed by atoms with E-state index >= 15 is 0 Å². The second-order valence-electron chi connectivity index (χ2n) is 1.80. The van der Waals surface area contributed by atoms with Crippen molar-refractivity contribution in [2.24, 2.45) is 0 Å². The van der Waals surface area contributed by atoms with Gasteiger partial charge in [0.25, 0.3) is 0 Å². The zero-order valence-electron chi connectivity index (χ0n) is 5.45. The average molecular weight is 211 g/mol. The highest BCUT2D eigenvalue weighted by Crippen LogP contribution is 2.11. The first-order chi connectivity index (χ1) is 5.27. The van der Waals surface area contributed by atoms with Crippen molar-refractivity contribution >= 4 is 15.9 Å². The number of nitriles is 2. The molecule has 0 N–H and O–H groups in total. The van der Waals surface area contributed by atoms with Gasteiger partial charge in [-0.15, -0.1) is 0 Å². The van der Waals surface area contributed by atoms with Crippen LogP contribution in [0.3, 0.4) is 0 Å². The molecule has 0 fully saturated rings. The molecule has 1 aromatic rings. The zero-order valence-corrected chi connectivity index (χ0v) is 7.04. The lowest BCUT2D eigenvalue weighted by molar-refractivity contribution is 0.704. The predicted molar refractivity (Wildman–Crippen MR) is 40.3 cm³/mol. The molecule has 0 spiro atoms. The molecule has 0 bridgehead atoms. The molecule has 0 radical (unpaired) electrons. The minimum absolute atomic E-state index is 0.167. The molecule has 0 atom stereocenters. The van der Waals surface area contributed by atoms with Crippen molar-refractivity contribution in [3.8, 4) is 12.1 Å². The van der Waals surface area contributed by atoms with Gasteiger partial charge in [0.1, 0.15) is 22.8 Å². The van der Waals surface area contributed by atoms with Crippen LogP contribution in [0.5, 0.6) is 0 Å². The Morgan fingerprint density at radius 1 is 1.64 bits per heavy atom. The van der Waals surface area contributed by atoms with Crippen LogP contribution in [0.2, 0.25) is 0 Å². The molecule has 0 aromatic carbocycles. The van der Waals surface area contributed by atoms with Crippen molar-refractivity contribution in [2.75, 3.05) is 0 Å². The van der Waals surface area contributed by atoms with Crippen LogP contribution < -0.4 is 0 Å². The average Bonchev–Trinajstić information content (AvgIpc) is 2.32. The number of rotatable bonds is 1. The molecule has 0 saturated carbocycles. The minimum Gasteiger partial charge on any atom is -0.256 e. The van der Waals surface area contributed by atoms with E-state index in [1.165, 1.54) is 10.9 Å². The lowest BCUT2D eigenvalue weighted by Crippen LogP contribution is -1.94. The van der Waals surface area contributed by atoms with E-state index in [0.29, 0.717) is 10.2 Å². The van der Waals surface area contributed by atoms with Crippen LogP contribution in [-0.4, -0.2) is 9.78 Å². The number of aromatic nitrogens is 2. The first-order valence-corrected chi connectivity index (χ1v) is 3.57. The van der Waals surface area contributed by atoms with Crippen LogP contribution in [0.25, 0.3) is 0 Å². The maximum atomic E-state index is 8.48. The summed E-state index contributed by atoms with van der Waals surface area (Å²) in [5.41, 5.74) is 0.445. The van der Waals surface area contributed by atoms with Gasteiger partial charge in [0.15, 0.2) is 0 Å². The molecule has 0 amide bonds. The van der Waals surface area contributed by atoms with Gasteiger partial charge in [-0.05, 0) is 15.9 Å². The molecule has 5 heteroatoms. The van der Waals surface area contributed by atoms with Crippen molar-refractivity contribution in [1.82, 2.24) is 9.78 Å². The van der Waals surface area contributed by atoms with Gasteiger partial charge in [-0.1, -0.05) is 0 Å². The van der Waals surface area contributed by atoms with E-state index in [-0.39, 0.29) is 6.54 Å². The second-order valence-corrected chi connectivity index (χ2v) is 2.55. The van der Waals surface area contributed by atoms with Gasteiger partial charge in [-0.2, -0.15) is 15.6 Å². The Bertz CT molecular complexity index is 340. The van der Waals surface area contributed by atoms with Crippen LogP contribution in [-0.2, 0) is 6.54 Å².